The summed E-state index contributed by atoms with van der Waals surface area (Å²) in [5, 5.41) is 12.0. The number of piperazine rings is 1. The van der Waals surface area contributed by atoms with Gasteiger partial charge in [-0.2, -0.15) is 0 Å². The van der Waals surface area contributed by atoms with Crippen LogP contribution in [0.2, 0.25) is 0 Å². The number of aromatic nitrogens is 1. The summed E-state index contributed by atoms with van der Waals surface area (Å²) < 4.78 is 0. The number of thiazole rings is 1. The molecule has 1 N–H and O–H groups in total. The SMILES string of the molecule is CC1CN(c2nccs2)CCN1C(=O)CN1CCC(C(=O)O)C1. The summed E-state index contributed by atoms with van der Waals surface area (Å²) in [6.07, 6.45) is 2.43. The number of anilines is 1. The number of hydrogen-bond acceptors (Lipinski definition) is 6. The summed E-state index contributed by atoms with van der Waals surface area (Å²) in [4.78, 5) is 34.0. The van der Waals surface area contributed by atoms with Crippen LogP contribution in [-0.4, -0.2) is 77.1 Å². The highest BCUT2D eigenvalue weighted by Gasteiger charge is 2.32. The Balaban J connectivity index is 1.52. The average molecular weight is 338 g/mol. The minimum absolute atomic E-state index is 0.0994. The number of hydrogen-bond donors (Lipinski definition) is 1. The number of carbonyl (C=O) groups excluding carboxylic acids is 1. The summed E-state index contributed by atoms with van der Waals surface area (Å²) in [6.45, 7) is 5.83. The smallest absolute Gasteiger partial charge is 0.307 e. The first-order valence-electron chi connectivity index (χ1n) is 7.93. The molecule has 1 aromatic rings. The number of amides is 1. The van der Waals surface area contributed by atoms with Crippen molar-refractivity contribution in [1.29, 1.82) is 0 Å². The van der Waals surface area contributed by atoms with Gasteiger partial charge in [0, 0.05) is 43.8 Å². The van der Waals surface area contributed by atoms with Gasteiger partial charge in [-0.3, -0.25) is 14.5 Å². The molecule has 3 heterocycles. The molecule has 8 heteroatoms. The van der Waals surface area contributed by atoms with Gasteiger partial charge in [0.15, 0.2) is 5.13 Å². The number of aliphatic carboxylic acids is 1. The molecule has 23 heavy (non-hydrogen) atoms. The van der Waals surface area contributed by atoms with Crippen LogP contribution in [0.15, 0.2) is 11.6 Å². The fourth-order valence-corrected chi connectivity index (χ4v) is 4.01. The van der Waals surface area contributed by atoms with Gasteiger partial charge in [-0.05, 0) is 19.9 Å². The normalized spacial score (nSPS) is 25.8. The lowest BCUT2D eigenvalue weighted by Crippen LogP contribution is -2.56. The van der Waals surface area contributed by atoms with E-state index in [9.17, 15) is 9.59 Å². The molecule has 0 spiro atoms. The zero-order valence-corrected chi connectivity index (χ0v) is 14.0. The predicted molar refractivity (Wildman–Crippen MR) is 87.7 cm³/mol. The van der Waals surface area contributed by atoms with Gasteiger partial charge in [-0.1, -0.05) is 0 Å². The van der Waals surface area contributed by atoms with Crippen molar-refractivity contribution in [2.45, 2.75) is 19.4 Å². The maximum Gasteiger partial charge on any atom is 0.307 e. The van der Waals surface area contributed by atoms with E-state index < -0.39 is 5.97 Å². The van der Waals surface area contributed by atoms with E-state index in [-0.39, 0.29) is 17.9 Å². The van der Waals surface area contributed by atoms with Crippen LogP contribution in [0.25, 0.3) is 0 Å². The first kappa shape index (κ1) is 16.2. The van der Waals surface area contributed by atoms with E-state index in [1.807, 2.05) is 15.2 Å². The number of carboxylic acids is 1. The van der Waals surface area contributed by atoms with E-state index in [2.05, 4.69) is 16.8 Å². The molecule has 2 atom stereocenters. The quantitative estimate of drug-likeness (QED) is 0.866. The van der Waals surface area contributed by atoms with Gasteiger partial charge in [0.1, 0.15) is 0 Å². The molecule has 2 fully saturated rings. The largest absolute Gasteiger partial charge is 0.481 e. The monoisotopic (exact) mass is 338 g/mol. The maximum atomic E-state index is 12.5. The van der Waals surface area contributed by atoms with Crippen LogP contribution in [0.5, 0.6) is 0 Å². The van der Waals surface area contributed by atoms with Crippen LogP contribution in [0.4, 0.5) is 5.13 Å². The topological polar surface area (TPSA) is 77.0 Å². The second kappa shape index (κ2) is 6.84. The summed E-state index contributed by atoms with van der Waals surface area (Å²) >= 11 is 1.62. The fraction of sp³-hybridized carbons (Fsp3) is 0.667. The Bertz CT molecular complexity index is 565. The number of nitrogens with zero attached hydrogens (tertiary/aromatic N) is 4. The Kier molecular flexibility index (Phi) is 4.82. The zero-order valence-electron chi connectivity index (χ0n) is 13.2. The highest BCUT2D eigenvalue weighted by Crippen LogP contribution is 2.22. The zero-order chi connectivity index (χ0) is 16.4. The van der Waals surface area contributed by atoms with Crippen molar-refractivity contribution in [1.82, 2.24) is 14.8 Å². The lowest BCUT2D eigenvalue weighted by molar-refractivity contribution is -0.142. The highest BCUT2D eigenvalue weighted by atomic mass is 32.1. The summed E-state index contributed by atoms with van der Waals surface area (Å²) in [5.41, 5.74) is 0. The molecular formula is C15H22N4O3S. The Morgan fingerprint density at radius 3 is 2.78 bits per heavy atom. The second-order valence-corrected chi connectivity index (χ2v) is 7.13. The van der Waals surface area contributed by atoms with Crippen molar-refractivity contribution in [2.24, 2.45) is 5.92 Å². The lowest BCUT2D eigenvalue weighted by Gasteiger charge is -2.40. The first-order chi connectivity index (χ1) is 11.0. The van der Waals surface area contributed by atoms with Crippen LogP contribution in [0.1, 0.15) is 13.3 Å². The molecule has 2 aliphatic heterocycles. The van der Waals surface area contributed by atoms with E-state index in [1.54, 1.807) is 17.5 Å². The molecule has 1 aromatic heterocycles. The third-order valence-corrected chi connectivity index (χ3v) is 5.45. The fourth-order valence-electron chi connectivity index (χ4n) is 3.33. The number of carboxylic acid groups (broad SMARTS) is 1. The second-order valence-electron chi connectivity index (χ2n) is 6.26. The Labute approximate surface area is 139 Å². The van der Waals surface area contributed by atoms with Crippen LogP contribution < -0.4 is 4.90 Å². The molecule has 126 valence electrons. The van der Waals surface area contributed by atoms with E-state index in [0.29, 0.717) is 32.6 Å². The third kappa shape index (κ3) is 3.64. The standard InChI is InChI=1S/C15H22N4O3S/c1-11-8-18(15-16-3-7-23-15)5-6-19(11)13(20)10-17-4-2-12(9-17)14(21)22/h3,7,11-12H,2,4-6,8-10H2,1H3,(H,21,22). The van der Waals surface area contributed by atoms with E-state index in [1.165, 1.54) is 0 Å². The van der Waals surface area contributed by atoms with Crippen molar-refractivity contribution in [3.8, 4) is 0 Å². The van der Waals surface area contributed by atoms with Gasteiger partial charge in [-0.25, -0.2) is 4.98 Å². The molecule has 7 nitrogen and oxygen atoms in total. The van der Waals surface area contributed by atoms with E-state index in [0.717, 1.165) is 18.2 Å². The van der Waals surface area contributed by atoms with Gasteiger partial charge >= 0.3 is 5.97 Å². The van der Waals surface area contributed by atoms with Crippen LogP contribution >= 0.6 is 11.3 Å². The van der Waals surface area contributed by atoms with Crippen molar-refractivity contribution >= 4 is 28.3 Å². The van der Waals surface area contributed by atoms with E-state index in [4.69, 9.17) is 5.11 Å². The van der Waals surface area contributed by atoms with Crippen molar-refractivity contribution in [3.63, 3.8) is 0 Å². The molecule has 0 saturated carbocycles. The minimum Gasteiger partial charge on any atom is -0.481 e. The maximum absolute atomic E-state index is 12.5. The first-order valence-corrected chi connectivity index (χ1v) is 8.81. The summed E-state index contributed by atoms with van der Waals surface area (Å²) in [5.74, 6) is -0.991. The van der Waals surface area contributed by atoms with E-state index >= 15 is 0 Å². The molecule has 0 radical (unpaired) electrons. The summed E-state index contributed by atoms with van der Waals surface area (Å²) in [7, 11) is 0. The Hall–Kier alpha value is -1.67. The number of likely N-dealkylation sites (tertiary alicyclic amines) is 1. The molecular weight excluding hydrogens is 316 g/mol. The van der Waals surface area contributed by atoms with Crippen molar-refractivity contribution in [2.75, 3.05) is 44.2 Å². The number of carbonyl (C=O) groups is 2. The molecule has 1 amide bonds. The molecule has 2 saturated heterocycles. The van der Waals surface area contributed by atoms with Crippen molar-refractivity contribution in [3.05, 3.63) is 11.6 Å². The molecule has 2 unspecified atom stereocenters. The predicted octanol–water partition coefficient (Wildman–Crippen LogP) is 0.587. The van der Waals surface area contributed by atoms with Gasteiger partial charge in [-0.15, -0.1) is 11.3 Å². The van der Waals surface area contributed by atoms with Crippen molar-refractivity contribution < 1.29 is 14.7 Å². The molecule has 0 aromatic carbocycles. The number of rotatable bonds is 4. The molecule has 2 aliphatic rings. The average Bonchev–Trinajstić information content (AvgIpc) is 3.18. The summed E-state index contributed by atoms with van der Waals surface area (Å²) in [6, 6.07) is 0.137. The Morgan fingerprint density at radius 1 is 1.35 bits per heavy atom. The lowest BCUT2D eigenvalue weighted by atomic mass is 10.1. The van der Waals surface area contributed by atoms with Gasteiger partial charge in [0.05, 0.1) is 12.5 Å². The van der Waals surface area contributed by atoms with Gasteiger partial charge in [0.25, 0.3) is 0 Å². The van der Waals surface area contributed by atoms with Crippen LogP contribution in [-0.2, 0) is 9.59 Å². The highest BCUT2D eigenvalue weighted by molar-refractivity contribution is 7.13. The minimum atomic E-state index is -0.759. The molecule has 0 bridgehead atoms. The molecule has 0 aliphatic carbocycles. The van der Waals surface area contributed by atoms with Gasteiger partial charge < -0.3 is 14.9 Å². The van der Waals surface area contributed by atoms with Gasteiger partial charge in [0.2, 0.25) is 5.91 Å². The third-order valence-electron chi connectivity index (χ3n) is 4.62. The molecule has 3 rings (SSSR count). The van der Waals surface area contributed by atoms with Crippen LogP contribution in [0.3, 0.4) is 0 Å². The Morgan fingerprint density at radius 2 is 2.17 bits per heavy atom. The van der Waals surface area contributed by atoms with Crippen LogP contribution in [0, 0.1) is 5.92 Å².